The summed E-state index contributed by atoms with van der Waals surface area (Å²) in [6.45, 7) is 2.18. The Morgan fingerprint density at radius 3 is 2.84 bits per heavy atom. The van der Waals surface area contributed by atoms with E-state index in [2.05, 4.69) is 28.8 Å². The first-order chi connectivity index (χ1) is 9.40. The third kappa shape index (κ3) is 1.53. The van der Waals surface area contributed by atoms with Crippen molar-refractivity contribution in [2.24, 2.45) is 23.7 Å². The van der Waals surface area contributed by atoms with Gasteiger partial charge >= 0.3 is 0 Å². The van der Waals surface area contributed by atoms with Crippen LogP contribution in [0.1, 0.15) is 30.4 Å². The van der Waals surface area contributed by atoms with Crippen molar-refractivity contribution >= 4 is 5.69 Å². The molecule has 2 heteroatoms. The molecule has 0 saturated heterocycles. The van der Waals surface area contributed by atoms with E-state index in [0.717, 1.165) is 42.8 Å². The van der Waals surface area contributed by atoms with Gasteiger partial charge in [0.1, 0.15) is 0 Å². The van der Waals surface area contributed by atoms with Gasteiger partial charge in [-0.3, -0.25) is 0 Å². The number of nitrogens with one attached hydrogen (secondary N) is 2. The molecule has 1 heterocycles. The Kier molecular flexibility index (Phi) is 2.12. The van der Waals surface area contributed by atoms with E-state index in [1.807, 2.05) is 0 Å². The molecule has 100 valence electrons. The van der Waals surface area contributed by atoms with Gasteiger partial charge in [-0.2, -0.15) is 0 Å². The summed E-state index contributed by atoms with van der Waals surface area (Å²) in [7, 11) is 0. The molecule has 2 N–H and O–H groups in total. The van der Waals surface area contributed by atoms with Crippen LogP contribution >= 0.6 is 0 Å². The van der Waals surface area contributed by atoms with E-state index < -0.39 is 0 Å². The lowest BCUT2D eigenvalue weighted by atomic mass is 10.0. The number of hydrogen-bond donors (Lipinski definition) is 2. The summed E-state index contributed by atoms with van der Waals surface area (Å²) in [5, 5.41) is 7.32. The normalized spacial score (nSPS) is 40.9. The summed E-state index contributed by atoms with van der Waals surface area (Å²) in [6.07, 6.45) is 5.79. The lowest BCUT2D eigenvalue weighted by molar-refractivity contribution is 0.456. The first kappa shape index (κ1) is 10.7. The van der Waals surface area contributed by atoms with Gasteiger partial charge in [-0.15, -0.1) is 0 Å². The van der Waals surface area contributed by atoms with Gasteiger partial charge in [-0.05, 0) is 66.5 Å². The van der Waals surface area contributed by atoms with Crippen molar-refractivity contribution in [3.63, 3.8) is 0 Å². The topological polar surface area (TPSA) is 24.1 Å². The van der Waals surface area contributed by atoms with Gasteiger partial charge in [0, 0.05) is 24.8 Å². The van der Waals surface area contributed by atoms with Crippen LogP contribution in [0.15, 0.2) is 18.2 Å². The largest absolute Gasteiger partial charge is 0.384 e. The standard InChI is InChI=1S/C17H22N2/c1-2-11-5-6-18-14(11)7-10(1)9-19-17-15-12-3-4-13(8-12)16(15)17/h1-2,7,12-13,15-19H,3-6,8-9H2. The van der Waals surface area contributed by atoms with Gasteiger partial charge < -0.3 is 10.6 Å². The van der Waals surface area contributed by atoms with Crippen molar-refractivity contribution < 1.29 is 0 Å². The first-order valence-electron chi connectivity index (χ1n) is 7.99. The second-order valence-electron chi connectivity index (χ2n) is 7.06. The lowest BCUT2D eigenvalue weighted by Gasteiger charge is -2.11. The average molecular weight is 254 g/mol. The molecular formula is C17H22N2. The molecule has 4 unspecified atom stereocenters. The lowest BCUT2D eigenvalue weighted by Crippen LogP contribution is -2.22. The highest BCUT2D eigenvalue weighted by atomic mass is 15.0. The summed E-state index contributed by atoms with van der Waals surface area (Å²) in [6, 6.07) is 7.82. The fourth-order valence-electron chi connectivity index (χ4n) is 5.28. The zero-order valence-corrected chi connectivity index (χ0v) is 11.4. The van der Waals surface area contributed by atoms with Gasteiger partial charge in [0.05, 0.1) is 0 Å². The molecule has 3 aliphatic carbocycles. The zero-order chi connectivity index (χ0) is 12.4. The van der Waals surface area contributed by atoms with Crippen LogP contribution in [0.3, 0.4) is 0 Å². The number of rotatable bonds is 3. The summed E-state index contributed by atoms with van der Waals surface area (Å²) < 4.78 is 0. The van der Waals surface area contributed by atoms with Gasteiger partial charge in [-0.25, -0.2) is 0 Å². The zero-order valence-electron chi connectivity index (χ0n) is 11.4. The maximum absolute atomic E-state index is 3.84. The van der Waals surface area contributed by atoms with Crippen LogP contribution in [0.2, 0.25) is 0 Å². The highest BCUT2D eigenvalue weighted by Gasteiger charge is 2.64. The molecule has 19 heavy (non-hydrogen) atoms. The monoisotopic (exact) mass is 254 g/mol. The Labute approximate surface area is 115 Å². The summed E-state index contributed by atoms with van der Waals surface area (Å²) in [4.78, 5) is 0. The van der Waals surface area contributed by atoms with Crippen molar-refractivity contribution in [1.82, 2.24) is 5.32 Å². The van der Waals surface area contributed by atoms with Gasteiger partial charge in [-0.1, -0.05) is 12.1 Å². The van der Waals surface area contributed by atoms with Gasteiger partial charge in [0.25, 0.3) is 0 Å². The van der Waals surface area contributed by atoms with Crippen LogP contribution in [0.5, 0.6) is 0 Å². The van der Waals surface area contributed by atoms with E-state index in [1.54, 1.807) is 6.42 Å². The van der Waals surface area contributed by atoms with Gasteiger partial charge in [0.2, 0.25) is 0 Å². The van der Waals surface area contributed by atoms with Crippen LogP contribution in [0.25, 0.3) is 0 Å². The number of fused-ring (bicyclic) bond motifs is 6. The predicted molar refractivity (Wildman–Crippen MR) is 77.1 cm³/mol. The Balaban J connectivity index is 1.25. The molecule has 0 aromatic heterocycles. The molecule has 5 rings (SSSR count). The Morgan fingerprint density at radius 1 is 1.16 bits per heavy atom. The second kappa shape index (κ2) is 3.76. The average Bonchev–Trinajstić information content (AvgIpc) is 2.85. The van der Waals surface area contributed by atoms with E-state index in [0.29, 0.717) is 0 Å². The van der Waals surface area contributed by atoms with E-state index in [9.17, 15) is 0 Å². The molecule has 3 saturated carbocycles. The molecule has 0 spiro atoms. The van der Waals surface area contributed by atoms with E-state index in [-0.39, 0.29) is 0 Å². The summed E-state index contributed by atoms with van der Waals surface area (Å²) in [5.74, 6) is 4.25. The molecule has 1 aliphatic heterocycles. The minimum Gasteiger partial charge on any atom is -0.384 e. The van der Waals surface area contributed by atoms with Crippen LogP contribution in [-0.4, -0.2) is 12.6 Å². The molecule has 4 aliphatic rings. The molecule has 0 amide bonds. The van der Waals surface area contributed by atoms with Crippen LogP contribution in [0, 0.1) is 23.7 Å². The van der Waals surface area contributed by atoms with Crippen molar-refractivity contribution in [2.75, 3.05) is 11.9 Å². The Bertz CT molecular complexity index is 508. The molecule has 2 nitrogen and oxygen atoms in total. The highest BCUT2D eigenvalue weighted by Crippen LogP contribution is 2.65. The fraction of sp³-hybridized carbons (Fsp3) is 0.647. The second-order valence-corrected chi connectivity index (χ2v) is 7.06. The predicted octanol–water partition coefficient (Wildman–Crippen LogP) is 2.79. The number of hydrogen-bond acceptors (Lipinski definition) is 2. The Hall–Kier alpha value is -1.02. The third-order valence-corrected chi connectivity index (χ3v) is 6.16. The number of benzene rings is 1. The van der Waals surface area contributed by atoms with Crippen LogP contribution < -0.4 is 10.6 Å². The van der Waals surface area contributed by atoms with Crippen molar-refractivity contribution in [3.05, 3.63) is 29.3 Å². The minimum absolute atomic E-state index is 0.854. The first-order valence-corrected chi connectivity index (χ1v) is 7.99. The SMILES string of the molecule is c1cc2c(cc1CNC1C3C4CCC(C4)C13)NCC2. The summed E-state index contributed by atoms with van der Waals surface area (Å²) in [5.41, 5.74) is 4.31. The highest BCUT2D eigenvalue weighted by molar-refractivity contribution is 5.57. The Morgan fingerprint density at radius 2 is 2.00 bits per heavy atom. The third-order valence-electron chi connectivity index (χ3n) is 6.16. The van der Waals surface area contributed by atoms with Crippen molar-refractivity contribution in [1.29, 1.82) is 0 Å². The fourth-order valence-corrected chi connectivity index (χ4v) is 5.28. The molecular weight excluding hydrogens is 232 g/mol. The maximum atomic E-state index is 3.84. The molecule has 4 atom stereocenters. The van der Waals surface area contributed by atoms with E-state index in [1.165, 1.54) is 36.1 Å². The molecule has 3 fully saturated rings. The smallest absolute Gasteiger partial charge is 0.0376 e. The minimum atomic E-state index is 0.854. The summed E-state index contributed by atoms with van der Waals surface area (Å²) >= 11 is 0. The molecule has 0 radical (unpaired) electrons. The van der Waals surface area contributed by atoms with Gasteiger partial charge in [0.15, 0.2) is 0 Å². The van der Waals surface area contributed by atoms with Crippen LogP contribution in [0.4, 0.5) is 5.69 Å². The quantitative estimate of drug-likeness (QED) is 0.866. The van der Waals surface area contributed by atoms with E-state index >= 15 is 0 Å². The molecule has 2 bridgehead atoms. The molecule has 1 aromatic carbocycles. The maximum Gasteiger partial charge on any atom is 0.0376 e. The number of anilines is 1. The van der Waals surface area contributed by atoms with Crippen LogP contribution in [-0.2, 0) is 13.0 Å². The van der Waals surface area contributed by atoms with Crippen molar-refractivity contribution in [2.45, 2.75) is 38.3 Å². The van der Waals surface area contributed by atoms with E-state index in [4.69, 9.17) is 0 Å². The molecule has 1 aromatic rings. The van der Waals surface area contributed by atoms with Crippen molar-refractivity contribution in [3.8, 4) is 0 Å².